The summed E-state index contributed by atoms with van der Waals surface area (Å²) in [5.41, 5.74) is 0.891. The molecule has 3 nitrogen and oxygen atoms in total. The third kappa shape index (κ3) is 2.86. The van der Waals surface area contributed by atoms with Crippen LogP contribution in [0.5, 0.6) is 11.5 Å². The predicted octanol–water partition coefficient (Wildman–Crippen LogP) is 3.46. The van der Waals surface area contributed by atoms with Crippen molar-refractivity contribution in [3.8, 4) is 11.5 Å². The largest absolute Gasteiger partial charge is 0.486 e. The van der Waals surface area contributed by atoms with E-state index in [2.05, 4.69) is 0 Å². The van der Waals surface area contributed by atoms with E-state index in [1.54, 1.807) is 0 Å². The van der Waals surface area contributed by atoms with E-state index >= 15 is 0 Å². The molecule has 1 atom stereocenters. The second-order valence-corrected chi connectivity index (χ2v) is 5.63. The molecule has 0 bridgehead atoms. The molecule has 0 amide bonds. The van der Waals surface area contributed by atoms with E-state index in [0.717, 1.165) is 23.5 Å². The first kappa shape index (κ1) is 12.8. The predicted molar refractivity (Wildman–Crippen MR) is 73.6 cm³/mol. The molecule has 0 spiro atoms. The lowest BCUT2D eigenvalue weighted by Crippen LogP contribution is -2.18. The van der Waals surface area contributed by atoms with Crippen LogP contribution in [0, 0.1) is 5.92 Å². The number of hydrogen-bond donors (Lipinski definition) is 1. The van der Waals surface area contributed by atoms with Crippen LogP contribution in [0.1, 0.15) is 50.2 Å². The van der Waals surface area contributed by atoms with Crippen molar-refractivity contribution < 1.29 is 14.6 Å². The minimum atomic E-state index is -0.431. The number of rotatable bonds is 3. The van der Waals surface area contributed by atoms with Crippen LogP contribution in [0.2, 0.25) is 0 Å². The fourth-order valence-corrected chi connectivity index (χ4v) is 3.22. The SMILES string of the molecule is OC(CC1CCCCC1)c1cccc2c1OCCO2. The molecule has 1 unspecified atom stereocenters. The molecule has 2 aliphatic rings. The zero-order chi connectivity index (χ0) is 13.1. The van der Waals surface area contributed by atoms with Gasteiger partial charge in [0.05, 0.1) is 6.10 Å². The van der Waals surface area contributed by atoms with Crippen molar-refractivity contribution in [2.24, 2.45) is 5.92 Å². The molecule has 0 aromatic heterocycles. The molecule has 1 saturated carbocycles. The molecule has 19 heavy (non-hydrogen) atoms. The monoisotopic (exact) mass is 262 g/mol. The first-order valence-electron chi connectivity index (χ1n) is 7.41. The third-order valence-electron chi connectivity index (χ3n) is 4.24. The highest BCUT2D eigenvalue weighted by Gasteiger charge is 2.24. The van der Waals surface area contributed by atoms with Gasteiger partial charge in [0.2, 0.25) is 0 Å². The lowest BCUT2D eigenvalue weighted by molar-refractivity contribution is 0.118. The molecule has 1 N–H and O–H groups in total. The van der Waals surface area contributed by atoms with Gasteiger partial charge in [-0.1, -0.05) is 44.2 Å². The van der Waals surface area contributed by atoms with E-state index in [1.807, 2.05) is 18.2 Å². The van der Waals surface area contributed by atoms with Gasteiger partial charge in [0.15, 0.2) is 11.5 Å². The number of ether oxygens (including phenoxy) is 2. The van der Waals surface area contributed by atoms with Gasteiger partial charge in [0.25, 0.3) is 0 Å². The van der Waals surface area contributed by atoms with Crippen LogP contribution >= 0.6 is 0 Å². The molecule has 1 aromatic rings. The van der Waals surface area contributed by atoms with Gasteiger partial charge in [-0.15, -0.1) is 0 Å². The molecule has 3 heteroatoms. The summed E-state index contributed by atoms with van der Waals surface area (Å²) < 4.78 is 11.2. The van der Waals surface area contributed by atoms with Gasteiger partial charge in [0, 0.05) is 5.56 Å². The summed E-state index contributed by atoms with van der Waals surface area (Å²) in [6, 6.07) is 5.80. The van der Waals surface area contributed by atoms with E-state index in [1.165, 1.54) is 32.1 Å². The Bertz CT molecular complexity index is 424. The molecule has 3 rings (SSSR count). The number of fused-ring (bicyclic) bond motifs is 1. The number of aliphatic hydroxyl groups is 1. The summed E-state index contributed by atoms with van der Waals surface area (Å²) in [4.78, 5) is 0. The normalized spacial score (nSPS) is 21.1. The summed E-state index contributed by atoms with van der Waals surface area (Å²) in [6.45, 7) is 1.16. The highest BCUT2D eigenvalue weighted by atomic mass is 16.6. The topological polar surface area (TPSA) is 38.7 Å². The average molecular weight is 262 g/mol. The van der Waals surface area contributed by atoms with Gasteiger partial charge < -0.3 is 14.6 Å². The minimum absolute atomic E-state index is 0.431. The molecule has 1 aliphatic carbocycles. The summed E-state index contributed by atoms with van der Waals surface area (Å²) in [7, 11) is 0. The molecule has 0 saturated heterocycles. The van der Waals surface area contributed by atoms with Crippen LogP contribution in [0.15, 0.2) is 18.2 Å². The Morgan fingerprint density at radius 2 is 1.89 bits per heavy atom. The maximum atomic E-state index is 10.5. The van der Waals surface area contributed by atoms with E-state index in [9.17, 15) is 5.11 Å². The number of para-hydroxylation sites is 1. The van der Waals surface area contributed by atoms with Crippen molar-refractivity contribution in [3.63, 3.8) is 0 Å². The van der Waals surface area contributed by atoms with Crippen molar-refractivity contribution in [3.05, 3.63) is 23.8 Å². The van der Waals surface area contributed by atoms with Gasteiger partial charge in [-0.05, 0) is 18.4 Å². The summed E-state index contributed by atoms with van der Waals surface area (Å²) in [5.74, 6) is 2.17. The van der Waals surface area contributed by atoms with E-state index < -0.39 is 6.10 Å². The molecule has 1 heterocycles. The van der Waals surface area contributed by atoms with E-state index in [0.29, 0.717) is 19.1 Å². The Morgan fingerprint density at radius 1 is 1.11 bits per heavy atom. The Kier molecular flexibility index (Phi) is 3.92. The molecule has 1 aromatic carbocycles. The standard InChI is InChI=1S/C16H22O3/c17-14(11-12-5-2-1-3-6-12)13-7-4-8-15-16(13)19-10-9-18-15/h4,7-8,12,14,17H,1-3,5-6,9-11H2. The fraction of sp³-hybridized carbons (Fsp3) is 0.625. The van der Waals surface area contributed by atoms with Crippen LogP contribution in [-0.4, -0.2) is 18.3 Å². The minimum Gasteiger partial charge on any atom is -0.486 e. The molecular weight excluding hydrogens is 240 g/mol. The van der Waals surface area contributed by atoms with Crippen molar-refractivity contribution in [1.82, 2.24) is 0 Å². The second-order valence-electron chi connectivity index (χ2n) is 5.63. The molecule has 104 valence electrons. The van der Waals surface area contributed by atoms with Crippen molar-refractivity contribution in [2.45, 2.75) is 44.6 Å². The first-order valence-corrected chi connectivity index (χ1v) is 7.41. The van der Waals surface area contributed by atoms with Crippen molar-refractivity contribution in [2.75, 3.05) is 13.2 Å². The number of benzene rings is 1. The smallest absolute Gasteiger partial charge is 0.167 e. The Morgan fingerprint density at radius 3 is 2.74 bits per heavy atom. The van der Waals surface area contributed by atoms with E-state index in [4.69, 9.17) is 9.47 Å². The summed E-state index contributed by atoms with van der Waals surface area (Å²) in [6.07, 6.45) is 6.89. The maximum Gasteiger partial charge on any atom is 0.167 e. The lowest BCUT2D eigenvalue weighted by atomic mass is 9.84. The zero-order valence-electron chi connectivity index (χ0n) is 11.3. The highest BCUT2D eigenvalue weighted by molar-refractivity contribution is 5.48. The average Bonchev–Trinajstić information content (AvgIpc) is 2.47. The van der Waals surface area contributed by atoms with Crippen molar-refractivity contribution >= 4 is 0 Å². The van der Waals surface area contributed by atoms with Crippen LogP contribution in [0.4, 0.5) is 0 Å². The van der Waals surface area contributed by atoms with Crippen LogP contribution in [-0.2, 0) is 0 Å². The van der Waals surface area contributed by atoms with Gasteiger partial charge >= 0.3 is 0 Å². The van der Waals surface area contributed by atoms with E-state index in [-0.39, 0.29) is 0 Å². The first-order chi connectivity index (χ1) is 9.34. The van der Waals surface area contributed by atoms with Crippen LogP contribution < -0.4 is 9.47 Å². The second kappa shape index (κ2) is 5.83. The Hall–Kier alpha value is -1.22. The van der Waals surface area contributed by atoms with Gasteiger partial charge in [-0.3, -0.25) is 0 Å². The van der Waals surface area contributed by atoms with Crippen LogP contribution in [0.3, 0.4) is 0 Å². The molecule has 1 fully saturated rings. The Balaban J connectivity index is 1.73. The summed E-state index contributed by atoms with van der Waals surface area (Å²) in [5, 5.41) is 10.5. The molecular formula is C16H22O3. The van der Waals surface area contributed by atoms with Crippen molar-refractivity contribution in [1.29, 1.82) is 0 Å². The number of hydrogen-bond acceptors (Lipinski definition) is 3. The van der Waals surface area contributed by atoms with Gasteiger partial charge in [-0.25, -0.2) is 0 Å². The quantitative estimate of drug-likeness (QED) is 0.906. The fourth-order valence-electron chi connectivity index (χ4n) is 3.22. The molecule has 0 radical (unpaired) electrons. The summed E-state index contributed by atoms with van der Waals surface area (Å²) >= 11 is 0. The maximum absolute atomic E-state index is 10.5. The van der Waals surface area contributed by atoms with Gasteiger partial charge in [0.1, 0.15) is 13.2 Å². The van der Waals surface area contributed by atoms with Crippen LogP contribution in [0.25, 0.3) is 0 Å². The Labute approximate surface area is 114 Å². The number of aliphatic hydroxyl groups excluding tert-OH is 1. The third-order valence-corrected chi connectivity index (χ3v) is 4.24. The zero-order valence-corrected chi connectivity index (χ0v) is 11.3. The lowest BCUT2D eigenvalue weighted by Gasteiger charge is -2.27. The highest BCUT2D eigenvalue weighted by Crippen LogP contribution is 2.40. The van der Waals surface area contributed by atoms with Gasteiger partial charge in [-0.2, -0.15) is 0 Å². The molecule has 1 aliphatic heterocycles.